The lowest BCUT2D eigenvalue weighted by molar-refractivity contribution is 0.380. The number of hydrogen-bond acceptors (Lipinski definition) is 2. The molecule has 0 saturated heterocycles. The molecule has 0 aliphatic rings. The van der Waals surface area contributed by atoms with E-state index in [2.05, 4.69) is 15.9 Å². The summed E-state index contributed by atoms with van der Waals surface area (Å²) in [7, 11) is 1.50. The normalized spacial score (nSPS) is 11.7. The van der Waals surface area contributed by atoms with Crippen molar-refractivity contribution < 1.29 is 9.13 Å². The highest BCUT2D eigenvalue weighted by atomic mass is 79.9. The van der Waals surface area contributed by atoms with Gasteiger partial charge in [-0.25, -0.2) is 4.39 Å². The molecule has 0 unspecified atom stereocenters. The first kappa shape index (κ1) is 12.5. The van der Waals surface area contributed by atoms with Crippen LogP contribution in [0, 0.1) is 12.7 Å². The number of nitrogens with two attached hydrogens (primary N) is 1. The van der Waals surface area contributed by atoms with Crippen LogP contribution in [0.25, 0.3) is 0 Å². The smallest absolute Gasteiger partial charge is 0.141 e. The fraction of sp³-hybridized carbons (Fsp3) is 0.455. The first-order valence-electron chi connectivity index (χ1n) is 4.61. The van der Waals surface area contributed by atoms with E-state index in [-0.39, 0.29) is 5.82 Å². The number of halogens is 2. The molecule has 0 bridgehead atoms. The first-order chi connectivity index (χ1) is 6.79. The number of rotatable bonds is 2. The van der Waals surface area contributed by atoms with Gasteiger partial charge < -0.3 is 10.5 Å². The lowest BCUT2D eigenvalue weighted by atomic mass is 9.92. The van der Waals surface area contributed by atoms with Crippen molar-refractivity contribution in [2.45, 2.75) is 26.3 Å². The van der Waals surface area contributed by atoms with Crippen LogP contribution in [0.15, 0.2) is 10.5 Å². The van der Waals surface area contributed by atoms with Crippen molar-refractivity contribution in [1.29, 1.82) is 0 Å². The molecule has 15 heavy (non-hydrogen) atoms. The molecule has 84 valence electrons. The number of aryl methyl sites for hydroxylation is 1. The predicted octanol–water partition coefficient (Wildman–Crippen LogP) is 3.10. The van der Waals surface area contributed by atoms with Crippen LogP contribution < -0.4 is 10.5 Å². The van der Waals surface area contributed by atoms with Gasteiger partial charge in [-0.05, 0) is 48.3 Å². The molecule has 0 radical (unpaired) electrons. The van der Waals surface area contributed by atoms with Gasteiger partial charge in [0.25, 0.3) is 0 Å². The molecule has 0 fully saturated rings. The average molecular weight is 276 g/mol. The molecule has 0 atom stereocenters. The molecule has 0 aliphatic carbocycles. The number of hydrogen-bond donors (Lipinski definition) is 1. The summed E-state index contributed by atoms with van der Waals surface area (Å²) < 4.78 is 19.8. The van der Waals surface area contributed by atoms with Gasteiger partial charge in [0.05, 0.1) is 17.1 Å². The predicted molar refractivity (Wildman–Crippen MR) is 62.6 cm³/mol. The van der Waals surface area contributed by atoms with Gasteiger partial charge in [-0.15, -0.1) is 0 Å². The van der Waals surface area contributed by atoms with E-state index in [1.54, 1.807) is 26.8 Å². The van der Waals surface area contributed by atoms with E-state index in [0.717, 1.165) is 4.47 Å². The fourth-order valence-electron chi connectivity index (χ4n) is 1.51. The second-order valence-electron chi connectivity index (χ2n) is 4.12. The van der Waals surface area contributed by atoms with Crippen LogP contribution in [0.1, 0.15) is 25.0 Å². The van der Waals surface area contributed by atoms with E-state index in [4.69, 9.17) is 10.5 Å². The Labute approximate surface area is 97.7 Å². The quantitative estimate of drug-likeness (QED) is 0.900. The molecule has 1 aromatic rings. The SMILES string of the molecule is COc1c(Br)cc(C)c(F)c1C(C)(C)N. The monoisotopic (exact) mass is 275 g/mol. The molecule has 0 spiro atoms. The zero-order chi connectivity index (χ0) is 11.8. The van der Waals surface area contributed by atoms with Crippen LogP contribution in [-0.2, 0) is 5.54 Å². The Balaban J connectivity index is 3.59. The molecule has 0 aromatic heterocycles. The van der Waals surface area contributed by atoms with Gasteiger partial charge in [0, 0.05) is 5.54 Å². The highest BCUT2D eigenvalue weighted by Crippen LogP contribution is 2.38. The number of benzene rings is 1. The van der Waals surface area contributed by atoms with Crippen molar-refractivity contribution in [2.24, 2.45) is 5.73 Å². The van der Waals surface area contributed by atoms with Gasteiger partial charge in [0.2, 0.25) is 0 Å². The second-order valence-corrected chi connectivity index (χ2v) is 4.97. The van der Waals surface area contributed by atoms with E-state index < -0.39 is 5.54 Å². The summed E-state index contributed by atoms with van der Waals surface area (Å²) in [6.45, 7) is 5.20. The maximum atomic E-state index is 13.9. The van der Waals surface area contributed by atoms with Gasteiger partial charge >= 0.3 is 0 Å². The molecule has 2 N–H and O–H groups in total. The van der Waals surface area contributed by atoms with Gasteiger partial charge in [-0.3, -0.25) is 0 Å². The van der Waals surface area contributed by atoms with E-state index in [9.17, 15) is 4.39 Å². The first-order valence-corrected chi connectivity index (χ1v) is 5.40. The van der Waals surface area contributed by atoms with Crippen LogP contribution in [-0.4, -0.2) is 7.11 Å². The highest BCUT2D eigenvalue weighted by molar-refractivity contribution is 9.10. The van der Waals surface area contributed by atoms with Gasteiger partial charge in [0.15, 0.2) is 0 Å². The molecule has 0 amide bonds. The van der Waals surface area contributed by atoms with Crippen molar-refractivity contribution >= 4 is 15.9 Å². The summed E-state index contributed by atoms with van der Waals surface area (Å²) in [4.78, 5) is 0. The minimum Gasteiger partial charge on any atom is -0.495 e. The highest BCUT2D eigenvalue weighted by Gasteiger charge is 2.26. The second kappa shape index (κ2) is 4.10. The Bertz CT molecular complexity index is 385. The van der Waals surface area contributed by atoms with Crippen LogP contribution in [0.3, 0.4) is 0 Å². The van der Waals surface area contributed by atoms with E-state index in [1.807, 2.05) is 0 Å². The van der Waals surface area contributed by atoms with Gasteiger partial charge in [0.1, 0.15) is 11.6 Å². The summed E-state index contributed by atoms with van der Waals surface area (Å²) in [6.07, 6.45) is 0. The Morgan fingerprint density at radius 2 is 2.00 bits per heavy atom. The summed E-state index contributed by atoms with van der Waals surface area (Å²) in [5.41, 5.74) is 6.11. The van der Waals surface area contributed by atoms with Crippen molar-refractivity contribution in [3.05, 3.63) is 27.5 Å². The number of ether oxygens (including phenoxy) is 1. The molecule has 2 nitrogen and oxygen atoms in total. The summed E-state index contributed by atoms with van der Waals surface area (Å²) >= 11 is 3.34. The fourth-order valence-corrected chi connectivity index (χ4v) is 2.21. The van der Waals surface area contributed by atoms with Crippen molar-refractivity contribution in [2.75, 3.05) is 7.11 Å². The van der Waals surface area contributed by atoms with Crippen LogP contribution in [0.4, 0.5) is 4.39 Å². The van der Waals surface area contributed by atoms with Gasteiger partial charge in [-0.2, -0.15) is 0 Å². The standard InChI is InChI=1S/C11H15BrFNO/c1-6-5-7(12)10(15-4)8(9(6)13)11(2,3)14/h5H,14H2,1-4H3. The van der Waals surface area contributed by atoms with E-state index in [1.165, 1.54) is 7.11 Å². The van der Waals surface area contributed by atoms with E-state index >= 15 is 0 Å². The lowest BCUT2D eigenvalue weighted by Crippen LogP contribution is -2.31. The zero-order valence-corrected chi connectivity index (χ0v) is 10.9. The van der Waals surface area contributed by atoms with E-state index in [0.29, 0.717) is 16.9 Å². The number of methoxy groups -OCH3 is 1. The van der Waals surface area contributed by atoms with Crippen molar-refractivity contribution in [3.63, 3.8) is 0 Å². The van der Waals surface area contributed by atoms with Crippen LogP contribution in [0.2, 0.25) is 0 Å². The lowest BCUT2D eigenvalue weighted by Gasteiger charge is -2.24. The molecular weight excluding hydrogens is 261 g/mol. The molecule has 0 saturated carbocycles. The van der Waals surface area contributed by atoms with Crippen molar-refractivity contribution in [1.82, 2.24) is 0 Å². The van der Waals surface area contributed by atoms with Gasteiger partial charge in [-0.1, -0.05) is 0 Å². The summed E-state index contributed by atoms with van der Waals surface area (Å²) in [5, 5.41) is 0. The zero-order valence-electron chi connectivity index (χ0n) is 9.32. The maximum Gasteiger partial charge on any atom is 0.141 e. The molecule has 0 aliphatic heterocycles. The molecule has 0 heterocycles. The summed E-state index contributed by atoms with van der Waals surface area (Å²) in [6, 6.07) is 1.68. The maximum absolute atomic E-state index is 13.9. The van der Waals surface area contributed by atoms with Crippen LogP contribution in [0.5, 0.6) is 5.75 Å². The average Bonchev–Trinajstić information content (AvgIpc) is 2.08. The topological polar surface area (TPSA) is 35.2 Å². The third-order valence-electron chi connectivity index (χ3n) is 2.20. The third-order valence-corrected chi connectivity index (χ3v) is 2.79. The molecule has 1 aromatic carbocycles. The Morgan fingerprint density at radius 1 is 1.47 bits per heavy atom. The summed E-state index contributed by atoms with van der Waals surface area (Å²) in [5.74, 6) is 0.160. The molecule has 1 rings (SSSR count). The van der Waals surface area contributed by atoms with Crippen LogP contribution >= 0.6 is 15.9 Å². The minimum absolute atomic E-state index is 0.303. The Kier molecular flexibility index (Phi) is 3.41. The third kappa shape index (κ3) is 2.32. The largest absolute Gasteiger partial charge is 0.495 e. The molecular formula is C11H15BrFNO. The Hall–Kier alpha value is -0.610. The minimum atomic E-state index is -0.774. The molecule has 4 heteroatoms. The van der Waals surface area contributed by atoms with Crippen molar-refractivity contribution in [3.8, 4) is 5.75 Å². The Morgan fingerprint density at radius 3 is 2.40 bits per heavy atom.